The summed E-state index contributed by atoms with van der Waals surface area (Å²) in [6.07, 6.45) is 5.76. The smallest absolute Gasteiger partial charge is 0.304 e. The maximum Gasteiger partial charge on any atom is 0.304 e. The first-order chi connectivity index (χ1) is 16.6. The number of carboxylic acid groups (broad SMARTS) is 1. The number of rotatable bonds is 10. The number of carboxylic acids is 1. The lowest BCUT2D eigenvalue weighted by Crippen LogP contribution is -2.37. The zero-order valence-corrected chi connectivity index (χ0v) is 19.9. The van der Waals surface area contributed by atoms with Crippen LogP contribution in [0.3, 0.4) is 0 Å². The Kier molecular flexibility index (Phi) is 8.58. The molecule has 1 amide bonds. The van der Waals surface area contributed by atoms with E-state index in [1.807, 2.05) is 41.3 Å². The van der Waals surface area contributed by atoms with E-state index in [9.17, 15) is 14.7 Å². The standard InChI is InChI=1S/C28H36N2O4/c31-27(32)19-25-17-24-18-26(34-16-4-7-22-10-13-29-14-11-22)9-8-23(24)20-30(28(25)33)15-12-21-5-2-1-3-6-21/h1-3,5-6,8-9,18,22,25,29H,4,7,10-17,19-20H2,(H,31,32). The second-order valence-electron chi connectivity index (χ2n) is 9.61. The minimum absolute atomic E-state index is 0.0704. The van der Waals surface area contributed by atoms with E-state index in [-0.39, 0.29) is 12.3 Å². The minimum Gasteiger partial charge on any atom is -0.494 e. The van der Waals surface area contributed by atoms with Crippen molar-refractivity contribution in [2.75, 3.05) is 26.2 Å². The lowest BCUT2D eigenvalue weighted by Gasteiger charge is -2.24. The Balaban J connectivity index is 1.40. The second-order valence-corrected chi connectivity index (χ2v) is 9.61. The SMILES string of the molecule is O=C(O)CC1Cc2cc(OCCCC3CCNCC3)ccc2CN(CCc2ccccc2)C1=O. The van der Waals surface area contributed by atoms with Crippen LogP contribution in [0.2, 0.25) is 0 Å². The Morgan fingerprint density at radius 1 is 1.09 bits per heavy atom. The average molecular weight is 465 g/mol. The monoisotopic (exact) mass is 464 g/mol. The zero-order chi connectivity index (χ0) is 23.8. The van der Waals surface area contributed by atoms with Crippen LogP contribution in [0.15, 0.2) is 48.5 Å². The fourth-order valence-electron chi connectivity index (χ4n) is 5.13. The number of nitrogens with zero attached hydrogens (tertiary/aromatic N) is 1. The number of fused-ring (bicyclic) bond motifs is 1. The van der Waals surface area contributed by atoms with Gasteiger partial charge in [0.25, 0.3) is 0 Å². The van der Waals surface area contributed by atoms with Gasteiger partial charge in [-0.2, -0.15) is 0 Å². The van der Waals surface area contributed by atoms with E-state index in [0.29, 0.717) is 26.1 Å². The van der Waals surface area contributed by atoms with Crippen LogP contribution in [0.1, 0.15) is 48.8 Å². The average Bonchev–Trinajstić information content (AvgIpc) is 2.97. The van der Waals surface area contributed by atoms with Crippen LogP contribution in [-0.4, -0.2) is 48.1 Å². The predicted octanol–water partition coefficient (Wildman–Crippen LogP) is 4.06. The quantitative estimate of drug-likeness (QED) is 0.519. The normalized spacial score (nSPS) is 18.9. The van der Waals surface area contributed by atoms with Crippen molar-refractivity contribution in [2.24, 2.45) is 11.8 Å². The second kappa shape index (κ2) is 12.0. The van der Waals surface area contributed by atoms with Crippen LogP contribution in [-0.2, 0) is 29.0 Å². The first kappa shape index (κ1) is 24.3. The molecular formula is C28H36N2O4. The molecule has 1 unspecified atom stereocenters. The number of nitrogens with one attached hydrogen (secondary N) is 1. The molecule has 2 N–H and O–H groups in total. The highest BCUT2D eigenvalue weighted by Gasteiger charge is 2.31. The Hall–Kier alpha value is -2.86. The number of piperidine rings is 1. The van der Waals surface area contributed by atoms with E-state index in [1.54, 1.807) is 0 Å². The van der Waals surface area contributed by atoms with E-state index in [0.717, 1.165) is 48.7 Å². The maximum absolute atomic E-state index is 13.2. The third-order valence-corrected chi connectivity index (χ3v) is 7.08. The van der Waals surface area contributed by atoms with Crippen LogP contribution in [0, 0.1) is 11.8 Å². The number of carbonyl (C=O) groups excluding carboxylic acids is 1. The predicted molar refractivity (Wildman–Crippen MR) is 132 cm³/mol. The summed E-state index contributed by atoms with van der Waals surface area (Å²) in [7, 11) is 0. The van der Waals surface area contributed by atoms with Gasteiger partial charge in [0.15, 0.2) is 0 Å². The van der Waals surface area contributed by atoms with Crippen LogP contribution < -0.4 is 10.1 Å². The number of hydrogen-bond donors (Lipinski definition) is 2. The Bertz CT molecular complexity index is 956. The number of aliphatic carboxylic acids is 1. The fourth-order valence-corrected chi connectivity index (χ4v) is 5.13. The first-order valence-corrected chi connectivity index (χ1v) is 12.6. The number of hydrogen-bond acceptors (Lipinski definition) is 4. The van der Waals surface area contributed by atoms with Crippen LogP contribution in [0.4, 0.5) is 0 Å². The number of benzene rings is 2. The van der Waals surface area contributed by atoms with Gasteiger partial charge in [0.05, 0.1) is 18.9 Å². The Labute approximate surface area is 202 Å². The molecule has 1 atom stereocenters. The molecule has 0 aliphatic carbocycles. The molecule has 34 heavy (non-hydrogen) atoms. The molecule has 0 spiro atoms. The van der Waals surface area contributed by atoms with Crippen molar-refractivity contribution in [3.63, 3.8) is 0 Å². The molecule has 182 valence electrons. The molecular weight excluding hydrogens is 428 g/mol. The van der Waals surface area contributed by atoms with E-state index < -0.39 is 11.9 Å². The molecule has 2 aromatic carbocycles. The van der Waals surface area contributed by atoms with Crippen LogP contribution in [0.5, 0.6) is 5.75 Å². The summed E-state index contributed by atoms with van der Waals surface area (Å²) < 4.78 is 6.05. The van der Waals surface area contributed by atoms with Crippen molar-refractivity contribution in [1.29, 1.82) is 0 Å². The van der Waals surface area contributed by atoms with Gasteiger partial charge in [0, 0.05) is 13.1 Å². The summed E-state index contributed by atoms with van der Waals surface area (Å²) in [5.41, 5.74) is 3.27. The van der Waals surface area contributed by atoms with Crippen molar-refractivity contribution in [3.05, 3.63) is 65.2 Å². The number of ether oxygens (including phenoxy) is 1. The Morgan fingerprint density at radius 3 is 2.65 bits per heavy atom. The van der Waals surface area contributed by atoms with Crippen LogP contribution >= 0.6 is 0 Å². The lowest BCUT2D eigenvalue weighted by molar-refractivity contribution is -0.144. The molecule has 4 rings (SSSR count). The fraction of sp³-hybridized carbons (Fsp3) is 0.500. The summed E-state index contributed by atoms with van der Waals surface area (Å²) in [6.45, 7) is 4.01. The van der Waals surface area contributed by atoms with Gasteiger partial charge >= 0.3 is 5.97 Å². The summed E-state index contributed by atoms with van der Waals surface area (Å²) in [4.78, 5) is 26.6. The molecule has 1 saturated heterocycles. The molecule has 2 aliphatic rings. The lowest BCUT2D eigenvalue weighted by atomic mass is 9.93. The first-order valence-electron chi connectivity index (χ1n) is 12.6. The van der Waals surface area contributed by atoms with E-state index in [2.05, 4.69) is 17.4 Å². The summed E-state index contributed by atoms with van der Waals surface area (Å²) in [5.74, 6) is 0.0451. The maximum atomic E-state index is 13.2. The minimum atomic E-state index is -0.935. The van der Waals surface area contributed by atoms with E-state index in [4.69, 9.17) is 4.74 Å². The van der Waals surface area contributed by atoms with Gasteiger partial charge in [-0.05, 0) is 86.4 Å². The largest absolute Gasteiger partial charge is 0.494 e. The topological polar surface area (TPSA) is 78.9 Å². The zero-order valence-electron chi connectivity index (χ0n) is 19.9. The summed E-state index contributed by atoms with van der Waals surface area (Å²) in [5, 5.41) is 12.8. The molecule has 0 saturated carbocycles. The van der Waals surface area contributed by atoms with Gasteiger partial charge in [-0.1, -0.05) is 36.4 Å². The van der Waals surface area contributed by atoms with Crippen LogP contribution in [0.25, 0.3) is 0 Å². The summed E-state index contributed by atoms with van der Waals surface area (Å²) >= 11 is 0. The molecule has 1 fully saturated rings. The van der Waals surface area contributed by atoms with E-state index >= 15 is 0 Å². The highest BCUT2D eigenvalue weighted by Crippen LogP contribution is 2.29. The third-order valence-electron chi connectivity index (χ3n) is 7.08. The van der Waals surface area contributed by atoms with Gasteiger partial charge in [-0.15, -0.1) is 0 Å². The molecule has 6 nitrogen and oxygen atoms in total. The number of amides is 1. The molecule has 6 heteroatoms. The summed E-state index contributed by atoms with van der Waals surface area (Å²) in [6, 6.07) is 16.1. The van der Waals surface area contributed by atoms with Crippen molar-refractivity contribution in [3.8, 4) is 5.75 Å². The van der Waals surface area contributed by atoms with Gasteiger partial charge in [-0.3, -0.25) is 9.59 Å². The van der Waals surface area contributed by atoms with Gasteiger partial charge in [0.1, 0.15) is 5.75 Å². The van der Waals surface area contributed by atoms with Gasteiger partial charge in [-0.25, -0.2) is 0 Å². The molecule has 0 bridgehead atoms. The van der Waals surface area contributed by atoms with Gasteiger partial charge < -0.3 is 20.1 Å². The van der Waals surface area contributed by atoms with Crippen molar-refractivity contribution >= 4 is 11.9 Å². The van der Waals surface area contributed by atoms with Gasteiger partial charge in [0.2, 0.25) is 5.91 Å². The van der Waals surface area contributed by atoms with Crippen molar-refractivity contribution in [2.45, 2.75) is 51.5 Å². The van der Waals surface area contributed by atoms with Crippen molar-refractivity contribution in [1.82, 2.24) is 10.2 Å². The molecule has 0 radical (unpaired) electrons. The highest BCUT2D eigenvalue weighted by molar-refractivity contribution is 5.84. The van der Waals surface area contributed by atoms with Crippen molar-refractivity contribution < 1.29 is 19.4 Å². The molecule has 2 heterocycles. The number of carbonyl (C=O) groups is 2. The Morgan fingerprint density at radius 2 is 1.88 bits per heavy atom. The molecule has 2 aromatic rings. The molecule has 0 aromatic heterocycles. The molecule has 2 aliphatic heterocycles. The highest BCUT2D eigenvalue weighted by atomic mass is 16.5. The van der Waals surface area contributed by atoms with E-state index in [1.165, 1.54) is 24.8 Å². The third kappa shape index (κ3) is 6.83.